The molecule has 0 saturated carbocycles. The smallest absolute Gasteiger partial charge is 0.150 e. The third kappa shape index (κ3) is 3.05. The van der Waals surface area contributed by atoms with Crippen LogP contribution in [0.4, 0.5) is 5.82 Å². The van der Waals surface area contributed by atoms with Gasteiger partial charge in [-0.15, -0.1) is 0 Å². The van der Waals surface area contributed by atoms with E-state index in [2.05, 4.69) is 70.9 Å². The zero-order chi connectivity index (χ0) is 16.4. The van der Waals surface area contributed by atoms with Gasteiger partial charge in [0.25, 0.3) is 0 Å². The number of anilines is 1. The number of fused-ring (bicyclic) bond motifs is 1. The normalized spacial score (nSPS) is 11.5. The number of benzene rings is 1. The second-order valence-corrected chi connectivity index (χ2v) is 6.06. The lowest BCUT2D eigenvalue weighted by Gasteiger charge is -2.08. The predicted octanol–water partition coefficient (Wildman–Crippen LogP) is 2.67. The first-order chi connectivity index (χ1) is 11.1. The maximum atomic E-state index is 6.13. The van der Waals surface area contributed by atoms with Crippen LogP contribution in [0.5, 0.6) is 0 Å². The van der Waals surface area contributed by atoms with E-state index < -0.39 is 0 Å². The van der Waals surface area contributed by atoms with Crippen molar-refractivity contribution in [2.75, 3.05) is 26.4 Å². The molecular formula is C18H23N5. The molecule has 5 heteroatoms. The summed E-state index contributed by atoms with van der Waals surface area (Å²) in [6.45, 7) is 3.12. The van der Waals surface area contributed by atoms with Crippen molar-refractivity contribution in [2.45, 2.75) is 19.8 Å². The number of hydrogen-bond donors (Lipinski definition) is 1. The second kappa shape index (κ2) is 6.38. The van der Waals surface area contributed by atoms with Crippen molar-refractivity contribution >= 4 is 16.9 Å². The minimum Gasteiger partial charge on any atom is -0.383 e. The molecule has 0 bridgehead atoms. The van der Waals surface area contributed by atoms with Gasteiger partial charge < -0.3 is 15.2 Å². The highest BCUT2D eigenvalue weighted by Gasteiger charge is 2.14. The van der Waals surface area contributed by atoms with Crippen molar-refractivity contribution in [3.63, 3.8) is 0 Å². The van der Waals surface area contributed by atoms with E-state index in [4.69, 9.17) is 5.73 Å². The van der Waals surface area contributed by atoms with Gasteiger partial charge >= 0.3 is 0 Å². The van der Waals surface area contributed by atoms with Crippen LogP contribution in [-0.4, -0.2) is 40.1 Å². The zero-order valence-electron chi connectivity index (χ0n) is 14.0. The Hall–Kier alpha value is -2.40. The standard InChI is InChI=1S/C18H23N5/c1-4-13-6-5-7-15(10-13)23-11-14(8-9-22(2)3)16-17(19)20-12-21-18(16)23/h5-7,10-12H,4,8-9H2,1-3H3,(H2,19,20,21). The molecule has 5 nitrogen and oxygen atoms in total. The predicted molar refractivity (Wildman–Crippen MR) is 94.9 cm³/mol. The number of aromatic nitrogens is 3. The van der Waals surface area contributed by atoms with Crippen molar-refractivity contribution in [1.29, 1.82) is 0 Å². The molecule has 0 amide bonds. The Morgan fingerprint density at radius 3 is 2.78 bits per heavy atom. The summed E-state index contributed by atoms with van der Waals surface area (Å²) in [6.07, 6.45) is 5.61. The monoisotopic (exact) mass is 309 g/mol. The number of hydrogen-bond acceptors (Lipinski definition) is 4. The average Bonchev–Trinajstić information content (AvgIpc) is 2.93. The van der Waals surface area contributed by atoms with E-state index in [-0.39, 0.29) is 0 Å². The van der Waals surface area contributed by atoms with Crippen LogP contribution in [0.3, 0.4) is 0 Å². The average molecular weight is 309 g/mol. The Bertz CT molecular complexity index is 819. The molecule has 23 heavy (non-hydrogen) atoms. The van der Waals surface area contributed by atoms with Gasteiger partial charge in [-0.2, -0.15) is 0 Å². The van der Waals surface area contributed by atoms with Crippen molar-refractivity contribution < 1.29 is 0 Å². The van der Waals surface area contributed by atoms with E-state index in [9.17, 15) is 0 Å². The van der Waals surface area contributed by atoms with Gasteiger partial charge in [0.15, 0.2) is 0 Å². The molecule has 2 N–H and O–H groups in total. The van der Waals surface area contributed by atoms with Gasteiger partial charge in [0, 0.05) is 18.4 Å². The number of nitrogens with zero attached hydrogens (tertiary/aromatic N) is 4. The van der Waals surface area contributed by atoms with E-state index in [1.165, 1.54) is 17.5 Å². The summed E-state index contributed by atoms with van der Waals surface area (Å²) in [5.74, 6) is 0.550. The molecular weight excluding hydrogens is 286 g/mol. The quantitative estimate of drug-likeness (QED) is 0.787. The summed E-state index contributed by atoms with van der Waals surface area (Å²) < 4.78 is 2.12. The first kappa shape index (κ1) is 15.5. The lowest BCUT2D eigenvalue weighted by Crippen LogP contribution is -2.15. The second-order valence-electron chi connectivity index (χ2n) is 6.06. The molecule has 0 aliphatic rings. The maximum Gasteiger partial charge on any atom is 0.150 e. The van der Waals surface area contributed by atoms with Gasteiger partial charge in [-0.3, -0.25) is 0 Å². The molecule has 0 aliphatic heterocycles. The third-order valence-electron chi connectivity index (χ3n) is 4.12. The minimum absolute atomic E-state index is 0.550. The summed E-state index contributed by atoms with van der Waals surface area (Å²) in [7, 11) is 4.15. The van der Waals surface area contributed by atoms with Crippen molar-refractivity contribution in [2.24, 2.45) is 0 Å². The van der Waals surface area contributed by atoms with Crippen molar-refractivity contribution in [3.8, 4) is 5.69 Å². The van der Waals surface area contributed by atoms with Crippen LogP contribution in [0.15, 0.2) is 36.8 Å². The van der Waals surface area contributed by atoms with Crippen LogP contribution in [0.25, 0.3) is 16.7 Å². The molecule has 3 aromatic rings. The van der Waals surface area contributed by atoms with E-state index >= 15 is 0 Å². The fraction of sp³-hybridized carbons (Fsp3) is 0.333. The maximum absolute atomic E-state index is 6.13. The molecule has 3 rings (SSSR count). The highest BCUT2D eigenvalue weighted by Crippen LogP contribution is 2.27. The Morgan fingerprint density at radius 1 is 1.22 bits per heavy atom. The SMILES string of the molecule is CCc1cccc(-n2cc(CCN(C)C)c3c(N)ncnc32)c1. The highest BCUT2D eigenvalue weighted by molar-refractivity contribution is 5.91. The third-order valence-corrected chi connectivity index (χ3v) is 4.12. The summed E-state index contributed by atoms with van der Waals surface area (Å²) in [5.41, 5.74) is 10.6. The summed E-state index contributed by atoms with van der Waals surface area (Å²) in [5, 5.41) is 0.969. The van der Waals surface area contributed by atoms with Gasteiger partial charge in [0.05, 0.1) is 5.39 Å². The molecule has 2 aromatic heterocycles. The molecule has 0 spiro atoms. The largest absolute Gasteiger partial charge is 0.383 e. The Kier molecular flexibility index (Phi) is 4.30. The Labute approximate surface area is 136 Å². The summed E-state index contributed by atoms with van der Waals surface area (Å²) >= 11 is 0. The summed E-state index contributed by atoms with van der Waals surface area (Å²) in [6, 6.07) is 8.54. The zero-order valence-corrected chi connectivity index (χ0v) is 14.0. The first-order valence-corrected chi connectivity index (χ1v) is 7.94. The van der Waals surface area contributed by atoms with E-state index in [1.54, 1.807) is 0 Å². The topological polar surface area (TPSA) is 60.0 Å². The number of nitrogen functional groups attached to an aromatic ring is 1. The molecule has 0 unspecified atom stereocenters. The molecule has 0 atom stereocenters. The van der Waals surface area contributed by atoms with Crippen molar-refractivity contribution in [1.82, 2.24) is 19.4 Å². The van der Waals surface area contributed by atoms with Gasteiger partial charge in [-0.05, 0) is 50.2 Å². The fourth-order valence-corrected chi connectivity index (χ4v) is 2.82. The molecule has 0 aliphatic carbocycles. The van der Waals surface area contributed by atoms with E-state index in [0.29, 0.717) is 5.82 Å². The molecule has 0 radical (unpaired) electrons. The molecule has 0 fully saturated rings. The number of aryl methyl sites for hydroxylation is 1. The number of likely N-dealkylation sites (N-methyl/N-ethyl adjacent to an activating group) is 1. The lowest BCUT2D eigenvalue weighted by atomic mass is 10.1. The van der Waals surface area contributed by atoms with Crippen LogP contribution in [0.1, 0.15) is 18.1 Å². The first-order valence-electron chi connectivity index (χ1n) is 7.94. The Morgan fingerprint density at radius 2 is 2.04 bits per heavy atom. The minimum atomic E-state index is 0.550. The van der Waals surface area contributed by atoms with Crippen LogP contribution in [0.2, 0.25) is 0 Å². The van der Waals surface area contributed by atoms with Crippen molar-refractivity contribution in [3.05, 3.63) is 47.9 Å². The molecule has 2 heterocycles. The fourth-order valence-electron chi connectivity index (χ4n) is 2.82. The lowest BCUT2D eigenvalue weighted by molar-refractivity contribution is 0.414. The van der Waals surface area contributed by atoms with E-state index in [0.717, 1.165) is 36.1 Å². The van der Waals surface area contributed by atoms with Crippen LogP contribution < -0.4 is 5.73 Å². The van der Waals surface area contributed by atoms with Crippen LogP contribution in [0, 0.1) is 0 Å². The van der Waals surface area contributed by atoms with Crippen LogP contribution in [-0.2, 0) is 12.8 Å². The number of rotatable bonds is 5. The van der Waals surface area contributed by atoms with E-state index in [1.807, 2.05) is 0 Å². The molecule has 120 valence electrons. The Balaban J connectivity index is 2.15. The van der Waals surface area contributed by atoms with Gasteiger partial charge in [0.2, 0.25) is 0 Å². The number of nitrogens with two attached hydrogens (primary N) is 1. The van der Waals surface area contributed by atoms with Gasteiger partial charge in [-0.25, -0.2) is 9.97 Å². The highest BCUT2D eigenvalue weighted by atomic mass is 15.1. The summed E-state index contributed by atoms with van der Waals surface area (Å²) in [4.78, 5) is 10.8. The molecule has 0 saturated heterocycles. The van der Waals surface area contributed by atoms with Gasteiger partial charge in [0.1, 0.15) is 17.8 Å². The van der Waals surface area contributed by atoms with Gasteiger partial charge in [-0.1, -0.05) is 19.1 Å². The van der Waals surface area contributed by atoms with Crippen LogP contribution >= 0.6 is 0 Å². The molecule has 1 aromatic carbocycles.